The van der Waals surface area contributed by atoms with Crippen molar-refractivity contribution in [2.75, 3.05) is 6.79 Å². The minimum Gasteiger partial charge on any atom is -0.454 e. The van der Waals surface area contributed by atoms with Crippen LogP contribution in [0.3, 0.4) is 0 Å². The summed E-state index contributed by atoms with van der Waals surface area (Å²) in [7, 11) is 0. The van der Waals surface area contributed by atoms with Gasteiger partial charge < -0.3 is 14.2 Å². The van der Waals surface area contributed by atoms with E-state index in [1.807, 2.05) is 0 Å². The molecule has 8 heteroatoms. The number of non-ortho nitro benzene ring substituents is 1. The Bertz CT molecular complexity index is 963. The fourth-order valence-corrected chi connectivity index (χ4v) is 2.45. The van der Waals surface area contributed by atoms with E-state index in [1.54, 1.807) is 24.3 Å². The van der Waals surface area contributed by atoms with Gasteiger partial charge in [-0.05, 0) is 29.8 Å². The topological polar surface area (TPSA) is 100 Å². The van der Waals surface area contributed by atoms with E-state index in [9.17, 15) is 14.9 Å². The number of benzene rings is 2. The molecule has 2 aliphatic rings. The van der Waals surface area contributed by atoms with Gasteiger partial charge in [0.25, 0.3) is 5.69 Å². The van der Waals surface area contributed by atoms with Gasteiger partial charge in [-0.1, -0.05) is 12.1 Å². The lowest BCUT2D eigenvalue weighted by Crippen LogP contribution is -2.05. The number of rotatable bonds is 3. The number of carbonyl (C=O) groups is 1. The van der Waals surface area contributed by atoms with Crippen LogP contribution in [0.1, 0.15) is 11.1 Å². The molecule has 2 aromatic rings. The number of cyclic esters (lactones) is 1. The summed E-state index contributed by atoms with van der Waals surface area (Å²) in [4.78, 5) is 26.5. The lowest BCUT2D eigenvalue weighted by Gasteiger charge is -2.01. The Hall–Kier alpha value is -3.68. The summed E-state index contributed by atoms with van der Waals surface area (Å²) in [5.41, 5.74) is 1.05. The van der Waals surface area contributed by atoms with Gasteiger partial charge in [-0.15, -0.1) is 0 Å². The maximum Gasteiger partial charge on any atom is 0.363 e. The van der Waals surface area contributed by atoms with Gasteiger partial charge in [0.15, 0.2) is 17.2 Å². The molecule has 25 heavy (non-hydrogen) atoms. The van der Waals surface area contributed by atoms with Crippen molar-refractivity contribution in [1.82, 2.24) is 0 Å². The van der Waals surface area contributed by atoms with Gasteiger partial charge in [0, 0.05) is 17.7 Å². The molecule has 0 saturated carbocycles. The lowest BCUT2D eigenvalue weighted by atomic mass is 10.1. The molecule has 0 N–H and O–H groups in total. The first-order valence-corrected chi connectivity index (χ1v) is 7.27. The summed E-state index contributed by atoms with van der Waals surface area (Å²) in [6, 6.07) is 11.0. The predicted octanol–water partition coefficient (Wildman–Crippen LogP) is 2.67. The van der Waals surface area contributed by atoms with Crippen LogP contribution in [0.5, 0.6) is 11.5 Å². The van der Waals surface area contributed by atoms with Gasteiger partial charge in [-0.25, -0.2) is 9.79 Å². The molecule has 0 bridgehead atoms. The van der Waals surface area contributed by atoms with Gasteiger partial charge in [-0.3, -0.25) is 10.1 Å². The third-order valence-corrected chi connectivity index (χ3v) is 3.62. The molecular weight excluding hydrogens is 328 g/mol. The van der Waals surface area contributed by atoms with Crippen molar-refractivity contribution in [3.8, 4) is 11.5 Å². The highest BCUT2D eigenvalue weighted by molar-refractivity contribution is 6.13. The monoisotopic (exact) mass is 338 g/mol. The number of fused-ring (bicyclic) bond motifs is 1. The Labute approximate surface area is 141 Å². The van der Waals surface area contributed by atoms with Gasteiger partial charge in [-0.2, -0.15) is 0 Å². The van der Waals surface area contributed by atoms with E-state index in [0.717, 1.165) is 0 Å². The number of ether oxygens (including phenoxy) is 3. The molecule has 0 spiro atoms. The highest BCUT2D eigenvalue weighted by atomic mass is 16.7. The molecule has 0 radical (unpaired) electrons. The van der Waals surface area contributed by atoms with Crippen LogP contribution in [0.2, 0.25) is 0 Å². The van der Waals surface area contributed by atoms with Gasteiger partial charge in [0.2, 0.25) is 12.7 Å². The van der Waals surface area contributed by atoms with Gasteiger partial charge in [0.05, 0.1) is 4.92 Å². The first-order chi connectivity index (χ1) is 12.1. The quantitative estimate of drug-likeness (QED) is 0.369. The summed E-state index contributed by atoms with van der Waals surface area (Å²) in [5.74, 6) is 0.674. The van der Waals surface area contributed by atoms with Crippen LogP contribution >= 0.6 is 0 Å². The van der Waals surface area contributed by atoms with E-state index in [1.165, 1.54) is 24.3 Å². The molecule has 0 aromatic heterocycles. The number of carbonyl (C=O) groups excluding carboxylic acids is 1. The molecule has 2 aromatic carbocycles. The average molecular weight is 338 g/mol. The zero-order valence-electron chi connectivity index (χ0n) is 12.7. The molecule has 0 fully saturated rings. The summed E-state index contributed by atoms with van der Waals surface area (Å²) in [6.45, 7) is 0.142. The first-order valence-electron chi connectivity index (χ1n) is 7.27. The maximum atomic E-state index is 12.0. The second kappa shape index (κ2) is 5.75. The molecule has 124 valence electrons. The third-order valence-electron chi connectivity index (χ3n) is 3.62. The molecule has 4 rings (SSSR count). The molecule has 0 aliphatic carbocycles. The van der Waals surface area contributed by atoms with Crippen LogP contribution in [-0.2, 0) is 9.53 Å². The summed E-state index contributed by atoms with van der Waals surface area (Å²) in [6.07, 6.45) is 1.44. The highest BCUT2D eigenvalue weighted by Gasteiger charge is 2.26. The van der Waals surface area contributed by atoms with E-state index in [2.05, 4.69) is 4.99 Å². The van der Waals surface area contributed by atoms with Crippen LogP contribution in [0, 0.1) is 10.1 Å². The van der Waals surface area contributed by atoms with E-state index in [-0.39, 0.29) is 24.1 Å². The van der Waals surface area contributed by atoms with Crippen molar-refractivity contribution in [2.45, 2.75) is 0 Å². The molecule has 0 saturated heterocycles. The van der Waals surface area contributed by atoms with E-state index >= 15 is 0 Å². The zero-order valence-corrected chi connectivity index (χ0v) is 12.7. The Morgan fingerprint density at radius 3 is 2.80 bits per heavy atom. The van der Waals surface area contributed by atoms with Gasteiger partial charge in [0.1, 0.15) is 0 Å². The molecular formula is C17H10N2O6. The van der Waals surface area contributed by atoms with E-state index < -0.39 is 10.9 Å². The third kappa shape index (κ3) is 2.80. The number of nitro benzene ring substituents is 1. The highest BCUT2D eigenvalue weighted by Crippen LogP contribution is 2.33. The Kier molecular flexibility index (Phi) is 3.42. The largest absolute Gasteiger partial charge is 0.454 e. The first kappa shape index (κ1) is 14.9. The van der Waals surface area contributed by atoms with Crippen molar-refractivity contribution in [2.24, 2.45) is 4.99 Å². The van der Waals surface area contributed by atoms with Crippen LogP contribution in [-0.4, -0.2) is 23.6 Å². The lowest BCUT2D eigenvalue weighted by molar-refractivity contribution is -0.384. The molecule has 2 aliphatic heterocycles. The standard InChI is InChI=1S/C17H10N2O6/c20-17-13(7-10-2-1-3-12(6-10)19(21)22)18-16(25-17)11-4-5-14-15(8-11)24-9-23-14/h1-8H,9H2. The predicted molar refractivity (Wildman–Crippen MR) is 86.3 cm³/mol. The molecule has 0 amide bonds. The number of nitrogens with zero attached hydrogens (tertiary/aromatic N) is 2. The zero-order chi connectivity index (χ0) is 17.4. The van der Waals surface area contributed by atoms with Crippen molar-refractivity contribution >= 4 is 23.6 Å². The summed E-state index contributed by atoms with van der Waals surface area (Å²) in [5, 5.41) is 10.8. The number of nitro groups is 1. The van der Waals surface area contributed by atoms with E-state index in [4.69, 9.17) is 14.2 Å². The minimum absolute atomic E-state index is 0.0631. The fourth-order valence-electron chi connectivity index (χ4n) is 2.45. The Morgan fingerprint density at radius 2 is 1.96 bits per heavy atom. The van der Waals surface area contributed by atoms with Crippen molar-refractivity contribution in [1.29, 1.82) is 0 Å². The second-order valence-electron chi connectivity index (χ2n) is 5.26. The number of hydrogen-bond acceptors (Lipinski definition) is 7. The van der Waals surface area contributed by atoms with Crippen LogP contribution in [0.15, 0.2) is 53.2 Å². The SMILES string of the molecule is O=C1OC(c2ccc3c(c2)OCO3)=NC1=Cc1cccc([N+](=O)[O-])c1. The van der Waals surface area contributed by atoms with Crippen molar-refractivity contribution in [3.63, 3.8) is 0 Å². The molecule has 0 atom stereocenters. The second-order valence-corrected chi connectivity index (χ2v) is 5.26. The summed E-state index contributed by atoms with van der Waals surface area (Å²) >= 11 is 0. The van der Waals surface area contributed by atoms with Gasteiger partial charge >= 0.3 is 5.97 Å². The van der Waals surface area contributed by atoms with E-state index in [0.29, 0.717) is 22.6 Å². The minimum atomic E-state index is -0.626. The molecule has 8 nitrogen and oxygen atoms in total. The van der Waals surface area contributed by atoms with Crippen molar-refractivity contribution < 1.29 is 23.9 Å². The van der Waals surface area contributed by atoms with Crippen LogP contribution < -0.4 is 9.47 Å². The molecule has 2 heterocycles. The molecule has 0 unspecified atom stereocenters. The maximum absolute atomic E-state index is 12.0. The van der Waals surface area contributed by atoms with Crippen LogP contribution in [0.25, 0.3) is 6.08 Å². The van der Waals surface area contributed by atoms with Crippen molar-refractivity contribution in [3.05, 3.63) is 69.4 Å². The van der Waals surface area contributed by atoms with Crippen LogP contribution in [0.4, 0.5) is 5.69 Å². The number of aliphatic imine (C=N–C) groups is 1. The normalized spacial score (nSPS) is 16.7. The Morgan fingerprint density at radius 1 is 1.12 bits per heavy atom. The number of hydrogen-bond donors (Lipinski definition) is 0. The fraction of sp³-hybridized carbons (Fsp3) is 0.0588. The summed E-state index contributed by atoms with van der Waals surface area (Å²) < 4.78 is 15.7. The number of esters is 1. The smallest absolute Gasteiger partial charge is 0.363 e. The average Bonchev–Trinajstić information content (AvgIpc) is 3.21. The Balaban J connectivity index is 1.66.